The van der Waals surface area contributed by atoms with Gasteiger partial charge in [0.15, 0.2) is 6.61 Å². The van der Waals surface area contributed by atoms with Crippen molar-refractivity contribution in [2.75, 3.05) is 13.2 Å². The molecule has 1 aliphatic carbocycles. The normalized spacial score (nSPS) is 16.6. The van der Waals surface area contributed by atoms with Crippen LogP contribution in [0, 0.1) is 16.0 Å². The van der Waals surface area contributed by atoms with Gasteiger partial charge in [0.2, 0.25) is 0 Å². The molecule has 0 saturated heterocycles. The zero-order chi connectivity index (χ0) is 16.7. The van der Waals surface area contributed by atoms with E-state index in [1.165, 1.54) is 37.5 Å². The summed E-state index contributed by atoms with van der Waals surface area (Å²) < 4.78 is 5.33. The van der Waals surface area contributed by atoms with Gasteiger partial charge < -0.3 is 15.8 Å². The van der Waals surface area contributed by atoms with Crippen molar-refractivity contribution in [1.82, 2.24) is 5.32 Å². The van der Waals surface area contributed by atoms with Crippen LogP contribution >= 0.6 is 0 Å². The van der Waals surface area contributed by atoms with Crippen molar-refractivity contribution >= 4 is 11.6 Å². The molecule has 1 aliphatic rings. The highest BCUT2D eigenvalue weighted by molar-refractivity contribution is 5.77. The van der Waals surface area contributed by atoms with Crippen LogP contribution in [0.25, 0.3) is 0 Å². The zero-order valence-electron chi connectivity index (χ0n) is 13.1. The second-order valence-corrected chi connectivity index (χ2v) is 5.85. The molecule has 23 heavy (non-hydrogen) atoms. The number of nitrogens with one attached hydrogen (secondary N) is 1. The van der Waals surface area contributed by atoms with E-state index in [9.17, 15) is 14.9 Å². The lowest BCUT2D eigenvalue weighted by atomic mass is 9.84. The highest BCUT2D eigenvalue weighted by Gasteiger charge is 2.24. The minimum Gasteiger partial charge on any atom is -0.484 e. The number of benzene rings is 1. The molecule has 3 N–H and O–H groups in total. The average molecular weight is 321 g/mol. The molecule has 0 aromatic heterocycles. The third-order valence-electron chi connectivity index (χ3n) is 4.22. The van der Waals surface area contributed by atoms with Crippen LogP contribution in [0.1, 0.15) is 32.1 Å². The summed E-state index contributed by atoms with van der Waals surface area (Å²) in [7, 11) is 0. The van der Waals surface area contributed by atoms with Crippen molar-refractivity contribution in [3.05, 3.63) is 34.4 Å². The van der Waals surface area contributed by atoms with Crippen LogP contribution in [-0.4, -0.2) is 30.0 Å². The summed E-state index contributed by atoms with van der Waals surface area (Å²) in [6.07, 6.45) is 5.79. The largest absolute Gasteiger partial charge is 0.484 e. The van der Waals surface area contributed by atoms with Crippen LogP contribution in [0.5, 0.6) is 5.75 Å². The van der Waals surface area contributed by atoms with E-state index in [1.54, 1.807) is 6.07 Å². The fourth-order valence-electron chi connectivity index (χ4n) is 2.99. The second-order valence-electron chi connectivity index (χ2n) is 5.85. The fourth-order valence-corrected chi connectivity index (χ4v) is 2.99. The summed E-state index contributed by atoms with van der Waals surface area (Å²) in [5.41, 5.74) is 5.72. The van der Waals surface area contributed by atoms with Crippen LogP contribution in [0.3, 0.4) is 0 Å². The number of nitrogens with two attached hydrogens (primary N) is 1. The van der Waals surface area contributed by atoms with Gasteiger partial charge in [0.05, 0.1) is 11.0 Å². The van der Waals surface area contributed by atoms with E-state index in [1.807, 2.05) is 0 Å². The van der Waals surface area contributed by atoms with E-state index >= 15 is 0 Å². The summed E-state index contributed by atoms with van der Waals surface area (Å²) in [5, 5.41) is 13.6. The van der Waals surface area contributed by atoms with Crippen molar-refractivity contribution in [2.24, 2.45) is 11.7 Å². The third-order valence-corrected chi connectivity index (χ3v) is 4.22. The zero-order valence-corrected chi connectivity index (χ0v) is 13.1. The molecule has 0 bridgehead atoms. The topological polar surface area (TPSA) is 107 Å². The van der Waals surface area contributed by atoms with Crippen molar-refractivity contribution in [1.29, 1.82) is 0 Å². The van der Waals surface area contributed by atoms with E-state index in [-0.39, 0.29) is 24.2 Å². The Hall–Kier alpha value is -2.15. The Morgan fingerprint density at radius 1 is 1.39 bits per heavy atom. The predicted molar refractivity (Wildman–Crippen MR) is 86.2 cm³/mol. The number of hydrogen-bond acceptors (Lipinski definition) is 5. The first kappa shape index (κ1) is 17.2. The molecule has 1 fully saturated rings. The maximum Gasteiger partial charge on any atom is 0.273 e. The van der Waals surface area contributed by atoms with Crippen LogP contribution in [-0.2, 0) is 4.79 Å². The van der Waals surface area contributed by atoms with E-state index in [0.29, 0.717) is 18.2 Å². The number of carbonyl (C=O) groups excluding carboxylic acids is 1. The van der Waals surface area contributed by atoms with Gasteiger partial charge in [-0.05, 0) is 24.8 Å². The van der Waals surface area contributed by atoms with Crippen molar-refractivity contribution in [2.45, 2.75) is 38.1 Å². The molecule has 7 heteroatoms. The number of ether oxygens (including phenoxy) is 1. The van der Waals surface area contributed by atoms with E-state index in [2.05, 4.69) is 5.32 Å². The molecule has 1 saturated carbocycles. The number of non-ortho nitro benzene ring substituents is 1. The van der Waals surface area contributed by atoms with Gasteiger partial charge in [-0.2, -0.15) is 0 Å². The number of rotatable bonds is 7. The lowest BCUT2D eigenvalue weighted by molar-refractivity contribution is -0.384. The molecule has 126 valence electrons. The summed E-state index contributed by atoms with van der Waals surface area (Å²) >= 11 is 0. The van der Waals surface area contributed by atoms with Gasteiger partial charge in [-0.3, -0.25) is 14.9 Å². The molecule has 1 atom stereocenters. The Labute approximate surface area is 135 Å². The third kappa shape index (κ3) is 5.21. The molecule has 0 spiro atoms. The molecule has 7 nitrogen and oxygen atoms in total. The van der Waals surface area contributed by atoms with Crippen molar-refractivity contribution in [3.8, 4) is 5.75 Å². The molecule has 2 rings (SSSR count). The smallest absolute Gasteiger partial charge is 0.273 e. The summed E-state index contributed by atoms with van der Waals surface area (Å²) in [6, 6.07) is 5.75. The number of carbonyl (C=O) groups is 1. The molecule has 1 unspecified atom stereocenters. The maximum atomic E-state index is 12.0. The van der Waals surface area contributed by atoms with Gasteiger partial charge in [0.25, 0.3) is 11.6 Å². The molecule has 0 radical (unpaired) electrons. The van der Waals surface area contributed by atoms with Gasteiger partial charge in [-0.15, -0.1) is 0 Å². The minimum absolute atomic E-state index is 0.0310. The number of nitrogens with zero attached hydrogens (tertiary/aromatic N) is 1. The number of nitro benzene ring substituents is 1. The summed E-state index contributed by atoms with van der Waals surface area (Å²) in [6.45, 7) is 0.234. The van der Waals surface area contributed by atoms with E-state index in [0.717, 1.165) is 12.8 Å². The molecule has 1 aromatic rings. The Kier molecular flexibility index (Phi) is 6.34. The van der Waals surface area contributed by atoms with Gasteiger partial charge in [-0.25, -0.2) is 0 Å². The highest BCUT2D eigenvalue weighted by atomic mass is 16.6. The Bertz CT molecular complexity index is 544. The number of amides is 1. The first-order valence-corrected chi connectivity index (χ1v) is 7.97. The summed E-state index contributed by atoms with van der Waals surface area (Å²) in [4.78, 5) is 22.2. The molecular formula is C16H23N3O4. The number of hydrogen-bond donors (Lipinski definition) is 2. The van der Waals surface area contributed by atoms with Gasteiger partial charge in [-0.1, -0.05) is 25.3 Å². The summed E-state index contributed by atoms with van der Waals surface area (Å²) in [5.74, 6) is 0.476. The molecule has 1 aromatic carbocycles. The maximum absolute atomic E-state index is 12.0. The van der Waals surface area contributed by atoms with Crippen molar-refractivity contribution < 1.29 is 14.5 Å². The molecule has 0 heterocycles. The number of nitro groups is 1. The van der Waals surface area contributed by atoms with Crippen LogP contribution in [0.2, 0.25) is 0 Å². The lowest BCUT2D eigenvalue weighted by Crippen LogP contribution is -2.47. The monoisotopic (exact) mass is 321 g/mol. The first-order valence-electron chi connectivity index (χ1n) is 7.97. The molecular weight excluding hydrogens is 298 g/mol. The van der Waals surface area contributed by atoms with E-state index < -0.39 is 4.92 Å². The highest BCUT2D eigenvalue weighted by Crippen LogP contribution is 2.26. The quantitative estimate of drug-likeness (QED) is 0.590. The van der Waals surface area contributed by atoms with Gasteiger partial charge >= 0.3 is 0 Å². The second kappa shape index (κ2) is 8.47. The fraction of sp³-hybridized carbons (Fsp3) is 0.562. The Morgan fingerprint density at radius 3 is 2.78 bits per heavy atom. The molecule has 1 amide bonds. The molecule has 0 aliphatic heterocycles. The lowest BCUT2D eigenvalue weighted by Gasteiger charge is -2.30. The van der Waals surface area contributed by atoms with Crippen molar-refractivity contribution in [3.63, 3.8) is 0 Å². The standard InChI is InChI=1S/C16H23N3O4/c17-10-15(12-5-2-1-3-6-12)18-16(20)11-23-14-8-4-7-13(9-14)19(21)22/h4,7-9,12,15H,1-3,5-6,10-11,17H2,(H,18,20). The Morgan fingerprint density at radius 2 is 2.13 bits per heavy atom. The van der Waals surface area contributed by atoms with Gasteiger partial charge in [0.1, 0.15) is 5.75 Å². The predicted octanol–water partition coefficient (Wildman–Crippen LogP) is 2.00. The average Bonchev–Trinajstić information content (AvgIpc) is 2.59. The van der Waals surface area contributed by atoms with E-state index in [4.69, 9.17) is 10.5 Å². The minimum atomic E-state index is -0.500. The van der Waals surface area contributed by atoms with Crippen LogP contribution in [0.15, 0.2) is 24.3 Å². The Balaban J connectivity index is 1.84. The first-order chi connectivity index (χ1) is 11.1. The SMILES string of the molecule is NCC(NC(=O)COc1cccc([N+](=O)[O-])c1)C1CCCCC1. The van der Waals surface area contributed by atoms with Crippen LogP contribution < -0.4 is 15.8 Å². The van der Waals surface area contributed by atoms with Gasteiger partial charge in [0, 0.05) is 18.7 Å². The van der Waals surface area contributed by atoms with Crippen LogP contribution in [0.4, 0.5) is 5.69 Å².